The molecular formula is C18H22FN3O2. The van der Waals surface area contributed by atoms with E-state index in [0.29, 0.717) is 17.0 Å². The van der Waals surface area contributed by atoms with Crippen LogP contribution in [0.4, 0.5) is 4.39 Å². The van der Waals surface area contributed by atoms with Gasteiger partial charge in [-0.25, -0.2) is 4.39 Å². The van der Waals surface area contributed by atoms with Crippen LogP contribution in [-0.2, 0) is 6.54 Å². The SMILES string of the molecule is CCCn1ncc(C(=O)NCC(O)c2ccc(F)cc2)c1C1CC1. The van der Waals surface area contributed by atoms with E-state index < -0.39 is 6.10 Å². The van der Waals surface area contributed by atoms with Gasteiger partial charge >= 0.3 is 0 Å². The van der Waals surface area contributed by atoms with Gasteiger partial charge in [0.25, 0.3) is 5.91 Å². The Kier molecular flexibility index (Phi) is 4.94. The first-order chi connectivity index (χ1) is 11.6. The molecule has 0 radical (unpaired) electrons. The van der Waals surface area contributed by atoms with Crippen LogP contribution in [0.2, 0.25) is 0 Å². The standard InChI is InChI=1S/C18H22FN3O2/c1-2-9-22-17(13-3-4-13)15(10-21-22)18(24)20-11-16(23)12-5-7-14(19)8-6-12/h5-8,10,13,16,23H,2-4,9,11H2,1H3,(H,20,24). The fourth-order valence-electron chi connectivity index (χ4n) is 2.83. The second kappa shape index (κ2) is 7.13. The molecule has 128 valence electrons. The summed E-state index contributed by atoms with van der Waals surface area (Å²) in [5.41, 5.74) is 2.17. The molecule has 1 aliphatic carbocycles. The van der Waals surface area contributed by atoms with E-state index in [1.54, 1.807) is 6.20 Å². The first-order valence-electron chi connectivity index (χ1n) is 8.37. The Bertz CT molecular complexity index is 708. The second-order valence-corrected chi connectivity index (χ2v) is 6.22. The molecule has 0 aliphatic heterocycles. The molecule has 3 rings (SSSR count). The lowest BCUT2D eigenvalue weighted by molar-refractivity contribution is 0.0915. The number of hydrogen-bond donors (Lipinski definition) is 2. The maximum atomic E-state index is 12.9. The summed E-state index contributed by atoms with van der Waals surface area (Å²) in [6.07, 6.45) is 3.89. The van der Waals surface area contributed by atoms with Gasteiger partial charge in [-0.1, -0.05) is 19.1 Å². The Hall–Kier alpha value is -2.21. The molecule has 1 aromatic carbocycles. The highest BCUT2D eigenvalue weighted by molar-refractivity contribution is 5.95. The Balaban J connectivity index is 1.66. The molecule has 5 nitrogen and oxygen atoms in total. The van der Waals surface area contributed by atoms with Gasteiger partial charge < -0.3 is 10.4 Å². The summed E-state index contributed by atoms with van der Waals surface area (Å²) in [5, 5.41) is 17.2. The number of nitrogens with one attached hydrogen (secondary N) is 1. The number of aliphatic hydroxyl groups excluding tert-OH is 1. The van der Waals surface area contributed by atoms with Crippen molar-refractivity contribution < 1.29 is 14.3 Å². The van der Waals surface area contributed by atoms with Gasteiger partial charge in [0.1, 0.15) is 5.82 Å². The van der Waals surface area contributed by atoms with Crippen LogP contribution >= 0.6 is 0 Å². The molecule has 1 fully saturated rings. The average molecular weight is 331 g/mol. The van der Waals surface area contributed by atoms with Crippen LogP contribution in [0.1, 0.15) is 59.8 Å². The highest BCUT2D eigenvalue weighted by Crippen LogP contribution is 2.41. The monoisotopic (exact) mass is 331 g/mol. The van der Waals surface area contributed by atoms with Gasteiger partial charge in [-0.05, 0) is 37.0 Å². The lowest BCUT2D eigenvalue weighted by Crippen LogP contribution is -2.29. The van der Waals surface area contributed by atoms with Gasteiger partial charge in [0.2, 0.25) is 0 Å². The number of aryl methyl sites for hydroxylation is 1. The second-order valence-electron chi connectivity index (χ2n) is 6.22. The maximum Gasteiger partial charge on any atom is 0.254 e. The maximum absolute atomic E-state index is 12.9. The average Bonchev–Trinajstić information content (AvgIpc) is 3.33. The third-order valence-corrected chi connectivity index (χ3v) is 4.24. The Morgan fingerprint density at radius 2 is 2.12 bits per heavy atom. The van der Waals surface area contributed by atoms with Crippen LogP contribution in [-0.4, -0.2) is 27.3 Å². The molecule has 1 heterocycles. The number of benzene rings is 1. The fourth-order valence-corrected chi connectivity index (χ4v) is 2.83. The van der Waals surface area contributed by atoms with Crippen molar-refractivity contribution in [2.75, 3.05) is 6.54 Å². The first-order valence-corrected chi connectivity index (χ1v) is 8.37. The molecular weight excluding hydrogens is 309 g/mol. The molecule has 0 bridgehead atoms. The van der Waals surface area contributed by atoms with Crippen molar-refractivity contribution in [2.24, 2.45) is 0 Å². The van der Waals surface area contributed by atoms with E-state index in [1.165, 1.54) is 24.3 Å². The van der Waals surface area contributed by atoms with Gasteiger partial charge in [0.15, 0.2) is 0 Å². The largest absolute Gasteiger partial charge is 0.387 e. The minimum absolute atomic E-state index is 0.0769. The molecule has 2 N–H and O–H groups in total. The zero-order valence-corrected chi connectivity index (χ0v) is 13.7. The number of nitrogens with zero attached hydrogens (tertiary/aromatic N) is 2. The summed E-state index contributed by atoms with van der Waals surface area (Å²) in [4.78, 5) is 12.5. The van der Waals surface area contributed by atoms with Crippen molar-refractivity contribution in [3.8, 4) is 0 Å². The first kappa shape index (κ1) is 16.6. The zero-order valence-electron chi connectivity index (χ0n) is 13.7. The highest BCUT2D eigenvalue weighted by Gasteiger charge is 2.32. The van der Waals surface area contributed by atoms with Gasteiger partial charge in [-0.3, -0.25) is 9.48 Å². The van der Waals surface area contributed by atoms with Crippen LogP contribution < -0.4 is 5.32 Å². The van der Waals surface area contributed by atoms with E-state index >= 15 is 0 Å². The third kappa shape index (κ3) is 3.64. The summed E-state index contributed by atoms with van der Waals surface area (Å²) in [6, 6.07) is 5.61. The van der Waals surface area contributed by atoms with Crippen LogP contribution in [0, 0.1) is 5.82 Å². The molecule has 24 heavy (non-hydrogen) atoms. The predicted octanol–water partition coefficient (Wildman–Crippen LogP) is 2.77. The zero-order chi connectivity index (χ0) is 17.1. The molecule has 0 saturated heterocycles. The summed E-state index contributed by atoms with van der Waals surface area (Å²) in [5.74, 6) is -0.158. The van der Waals surface area contributed by atoms with E-state index in [0.717, 1.165) is 31.5 Å². The Labute approximate surface area is 140 Å². The smallest absolute Gasteiger partial charge is 0.254 e. The van der Waals surface area contributed by atoms with E-state index in [4.69, 9.17) is 0 Å². The fraction of sp³-hybridized carbons (Fsp3) is 0.444. The van der Waals surface area contributed by atoms with Gasteiger partial charge in [-0.15, -0.1) is 0 Å². The summed E-state index contributed by atoms with van der Waals surface area (Å²) < 4.78 is 14.8. The van der Waals surface area contributed by atoms with Crippen molar-refractivity contribution >= 4 is 5.91 Å². The predicted molar refractivity (Wildman–Crippen MR) is 88.2 cm³/mol. The molecule has 1 saturated carbocycles. The van der Waals surface area contributed by atoms with Gasteiger partial charge in [0, 0.05) is 19.0 Å². The Morgan fingerprint density at radius 3 is 2.75 bits per heavy atom. The number of carbonyl (C=O) groups is 1. The van der Waals surface area contributed by atoms with Crippen LogP contribution in [0.3, 0.4) is 0 Å². The van der Waals surface area contributed by atoms with Crippen molar-refractivity contribution in [2.45, 2.75) is 44.8 Å². The number of rotatable bonds is 7. The molecule has 0 spiro atoms. The number of carbonyl (C=O) groups excluding carboxylic acids is 1. The van der Waals surface area contributed by atoms with Crippen molar-refractivity contribution in [1.29, 1.82) is 0 Å². The third-order valence-electron chi connectivity index (χ3n) is 4.24. The molecule has 6 heteroatoms. The topological polar surface area (TPSA) is 67.2 Å². The normalized spacial score (nSPS) is 15.3. The summed E-state index contributed by atoms with van der Waals surface area (Å²) in [7, 11) is 0. The van der Waals surface area contributed by atoms with Crippen molar-refractivity contribution in [1.82, 2.24) is 15.1 Å². The van der Waals surface area contributed by atoms with Crippen LogP contribution in [0.15, 0.2) is 30.5 Å². The molecule has 2 aromatic rings. The molecule has 1 aliphatic rings. The number of halogens is 1. The lowest BCUT2D eigenvalue weighted by Gasteiger charge is -2.13. The van der Waals surface area contributed by atoms with Crippen LogP contribution in [0.5, 0.6) is 0 Å². The minimum Gasteiger partial charge on any atom is -0.387 e. The minimum atomic E-state index is -0.871. The molecule has 1 atom stereocenters. The van der Waals surface area contributed by atoms with Crippen molar-refractivity contribution in [3.63, 3.8) is 0 Å². The van der Waals surface area contributed by atoms with E-state index in [2.05, 4.69) is 17.3 Å². The Morgan fingerprint density at radius 1 is 1.42 bits per heavy atom. The van der Waals surface area contributed by atoms with E-state index in [-0.39, 0.29) is 18.3 Å². The molecule has 1 unspecified atom stereocenters. The number of hydrogen-bond acceptors (Lipinski definition) is 3. The highest BCUT2D eigenvalue weighted by atomic mass is 19.1. The van der Waals surface area contributed by atoms with Gasteiger partial charge in [-0.2, -0.15) is 5.10 Å². The van der Waals surface area contributed by atoms with Crippen LogP contribution in [0.25, 0.3) is 0 Å². The lowest BCUT2D eigenvalue weighted by atomic mass is 10.1. The van der Waals surface area contributed by atoms with Gasteiger partial charge in [0.05, 0.1) is 23.6 Å². The van der Waals surface area contributed by atoms with Crippen molar-refractivity contribution in [3.05, 3.63) is 53.1 Å². The molecule has 1 amide bonds. The number of aliphatic hydroxyl groups is 1. The molecule has 1 aromatic heterocycles. The van der Waals surface area contributed by atoms with E-state index in [9.17, 15) is 14.3 Å². The number of amides is 1. The number of aromatic nitrogens is 2. The quantitative estimate of drug-likeness (QED) is 0.820. The summed E-state index contributed by atoms with van der Waals surface area (Å²) >= 11 is 0. The summed E-state index contributed by atoms with van der Waals surface area (Å²) in [6.45, 7) is 2.96. The van der Waals surface area contributed by atoms with E-state index in [1.807, 2.05) is 4.68 Å².